The number of halogens is 2. The predicted octanol–water partition coefficient (Wildman–Crippen LogP) is 2.98. The Bertz CT molecular complexity index is 922. The first-order valence-electron chi connectivity index (χ1n) is 9.87. The summed E-state index contributed by atoms with van der Waals surface area (Å²) in [6.45, 7) is 3.71. The van der Waals surface area contributed by atoms with Gasteiger partial charge in [0.05, 0.1) is 23.1 Å². The molecule has 1 aliphatic rings. The van der Waals surface area contributed by atoms with Crippen LogP contribution in [0.5, 0.6) is 0 Å². The van der Waals surface area contributed by atoms with Crippen LogP contribution in [0.1, 0.15) is 17.5 Å². The summed E-state index contributed by atoms with van der Waals surface area (Å²) in [5.41, 5.74) is 8.67. The number of nitrogens with two attached hydrogens (primary N) is 1. The van der Waals surface area contributed by atoms with E-state index >= 15 is 0 Å². The number of nitrogens with zero attached hydrogens (tertiary/aromatic N) is 2. The summed E-state index contributed by atoms with van der Waals surface area (Å²) in [5, 5.41) is 3.80. The highest BCUT2D eigenvalue weighted by Gasteiger charge is 2.25. The molecule has 2 aromatic rings. The van der Waals surface area contributed by atoms with Crippen LogP contribution in [0.2, 0.25) is 10.0 Å². The maximum atomic E-state index is 12.8. The Kier molecular flexibility index (Phi) is 7.58. The zero-order valence-corrected chi connectivity index (χ0v) is 18.4. The third kappa shape index (κ3) is 6.11. The zero-order valence-electron chi connectivity index (χ0n) is 16.9. The average Bonchev–Trinajstić information content (AvgIpc) is 3.15. The Morgan fingerprint density at radius 2 is 1.97 bits per heavy atom. The number of aryl methyl sites for hydroxylation is 1. The Labute approximate surface area is 186 Å². The number of likely N-dealkylation sites (tertiary alicyclic amines) is 1. The number of carbonyl (C=O) groups excluding carboxylic acids is 2. The third-order valence-corrected chi connectivity index (χ3v) is 5.82. The van der Waals surface area contributed by atoms with E-state index in [0.717, 1.165) is 23.2 Å². The van der Waals surface area contributed by atoms with E-state index in [1.807, 2.05) is 37.3 Å². The van der Waals surface area contributed by atoms with Gasteiger partial charge in [-0.3, -0.25) is 9.59 Å². The quantitative estimate of drug-likeness (QED) is 0.682. The van der Waals surface area contributed by atoms with Gasteiger partial charge in [-0.1, -0.05) is 41.4 Å². The maximum absolute atomic E-state index is 12.8. The van der Waals surface area contributed by atoms with Crippen LogP contribution in [0.15, 0.2) is 42.5 Å². The first kappa shape index (κ1) is 22.4. The van der Waals surface area contributed by atoms with Crippen LogP contribution < -0.4 is 16.0 Å². The number of rotatable bonds is 7. The summed E-state index contributed by atoms with van der Waals surface area (Å²) in [6, 6.07) is 13.0. The van der Waals surface area contributed by atoms with Crippen LogP contribution in [0.3, 0.4) is 0 Å². The molecule has 1 fully saturated rings. The molecule has 1 aliphatic heterocycles. The Hall–Kier alpha value is -2.28. The molecule has 1 saturated heterocycles. The first-order valence-corrected chi connectivity index (χ1v) is 10.6. The minimum atomic E-state index is -0.187. The largest absolute Gasteiger partial charge is 0.353 e. The SMILES string of the molecule is Cc1cccc(N(CC(=O)NCc2ccc(Cl)c(Cl)c2)CC(=O)N2CCC(N)C2)c1. The van der Waals surface area contributed by atoms with Crippen LogP contribution in [0.4, 0.5) is 5.69 Å². The van der Waals surface area contributed by atoms with E-state index in [1.54, 1.807) is 21.9 Å². The number of anilines is 1. The summed E-state index contributed by atoms with van der Waals surface area (Å²) < 4.78 is 0. The molecular weight excluding hydrogens is 423 g/mol. The second-order valence-corrected chi connectivity index (χ2v) is 8.42. The molecule has 8 heteroatoms. The Morgan fingerprint density at radius 1 is 1.17 bits per heavy atom. The molecule has 1 heterocycles. The molecule has 2 amide bonds. The van der Waals surface area contributed by atoms with Crippen molar-refractivity contribution in [3.63, 3.8) is 0 Å². The summed E-state index contributed by atoms with van der Waals surface area (Å²) in [4.78, 5) is 29.0. The van der Waals surface area contributed by atoms with Crippen molar-refractivity contribution in [3.8, 4) is 0 Å². The molecule has 1 atom stereocenters. The lowest BCUT2D eigenvalue weighted by Gasteiger charge is -2.26. The Morgan fingerprint density at radius 3 is 2.63 bits per heavy atom. The minimum Gasteiger partial charge on any atom is -0.353 e. The van der Waals surface area contributed by atoms with Gasteiger partial charge in [0.15, 0.2) is 0 Å². The van der Waals surface area contributed by atoms with Crippen LogP contribution in [-0.2, 0) is 16.1 Å². The van der Waals surface area contributed by atoms with Gasteiger partial charge in [0, 0.05) is 31.4 Å². The van der Waals surface area contributed by atoms with Gasteiger partial charge in [-0.15, -0.1) is 0 Å². The van der Waals surface area contributed by atoms with Gasteiger partial charge < -0.3 is 20.9 Å². The molecule has 0 bridgehead atoms. The fourth-order valence-electron chi connectivity index (χ4n) is 3.42. The summed E-state index contributed by atoms with van der Waals surface area (Å²) in [7, 11) is 0. The zero-order chi connectivity index (χ0) is 21.7. The number of hydrogen-bond acceptors (Lipinski definition) is 4. The molecule has 0 aliphatic carbocycles. The lowest BCUT2D eigenvalue weighted by atomic mass is 10.2. The lowest BCUT2D eigenvalue weighted by Crippen LogP contribution is -2.44. The van der Waals surface area contributed by atoms with E-state index in [9.17, 15) is 9.59 Å². The molecule has 160 valence electrons. The van der Waals surface area contributed by atoms with Crippen molar-refractivity contribution >= 4 is 40.7 Å². The molecule has 0 spiro atoms. The van der Waals surface area contributed by atoms with Gasteiger partial charge >= 0.3 is 0 Å². The summed E-state index contributed by atoms with van der Waals surface area (Å²) in [5.74, 6) is -0.213. The number of hydrogen-bond donors (Lipinski definition) is 2. The normalized spacial score (nSPS) is 15.9. The highest BCUT2D eigenvalue weighted by atomic mass is 35.5. The summed E-state index contributed by atoms with van der Waals surface area (Å²) in [6.07, 6.45) is 0.806. The van der Waals surface area contributed by atoms with Crippen molar-refractivity contribution < 1.29 is 9.59 Å². The van der Waals surface area contributed by atoms with E-state index in [1.165, 1.54) is 0 Å². The van der Waals surface area contributed by atoms with E-state index in [0.29, 0.717) is 29.7 Å². The van der Waals surface area contributed by atoms with E-state index < -0.39 is 0 Å². The standard InChI is InChI=1S/C22H26Cl2N4O2/c1-15-3-2-4-18(9-15)28(14-22(30)27-8-7-17(25)12-27)13-21(29)26-11-16-5-6-19(23)20(24)10-16/h2-6,9-10,17H,7-8,11-14,25H2,1H3,(H,26,29). The molecule has 6 nitrogen and oxygen atoms in total. The number of nitrogens with one attached hydrogen (secondary N) is 1. The topological polar surface area (TPSA) is 78.7 Å². The molecular formula is C22H26Cl2N4O2. The van der Waals surface area contributed by atoms with Crippen molar-refractivity contribution in [3.05, 3.63) is 63.6 Å². The fourth-order valence-corrected chi connectivity index (χ4v) is 3.74. The molecule has 30 heavy (non-hydrogen) atoms. The van der Waals surface area contributed by atoms with Gasteiger partial charge in [-0.2, -0.15) is 0 Å². The molecule has 3 rings (SSSR count). The van der Waals surface area contributed by atoms with Crippen molar-refractivity contribution in [2.24, 2.45) is 5.73 Å². The van der Waals surface area contributed by atoms with Crippen molar-refractivity contribution in [1.29, 1.82) is 0 Å². The van der Waals surface area contributed by atoms with Gasteiger partial charge in [-0.25, -0.2) is 0 Å². The van der Waals surface area contributed by atoms with Crippen molar-refractivity contribution in [2.45, 2.75) is 25.9 Å². The lowest BCUT2D eigenvalue weighted by molar-refractivity contribution is -0.128. The fraction of sp³-hybridized carbons (Fsp3) is 0.364. The van der Waals surface area contributed by atoms with Crippen molar-refractivity contribution in [1.82, 2.24) is 10.2 Å². The average molecular weight is 449 g/mol. The number of carbonyl (C=O) groups is 2. The molecule has 2 aromatic carbocycles. The molecule has 0 saturated carbocycles. The monoisotopic (exact) mass is 448 g/mol. The third-order valence-electron chi connectivity index (χ3n) is 5.08. The summed E-state index contributed by atoms with van der Waals surface area (Å²) >= 11 is 12.0. The highest BCUT2D eigenvalue weighted by Crippen LogP contribution is 2.22. The minimum absolute atomic E-state index is 0.0240. The van der Waals surface area contributed by atoms with Crippen LogP contribution in [0.25, 0.3) is 0 Å². The van der Waals surface area contributed by atoms with E-state index in [2.05, 4.69) is 5.32 Å². The molecule has 3 N–H and O–H groups in total. The van der Waals surface area contributed by atoms with E-state index in [4.69, 9.17) is 28.9 Å². The predicted molar refractivity (Wildman–Crippen MR) is 121 cm³/mol. The van der Waals surface area contributed by atoms with Crippen LogP contribution >= 0.6 is 23.2 Å². The molecule has 0 aromatic heterocycles. The second kappa shape index (κ2) is 10.2. The van der Waals surface area contributed by atoms with Crippen molar-refractivity contribution in [2.75, 3.05) is 31.1 Å². The molecule has 0 radical (unpaired) electrons. The molecule has 1 unspecified atom stereocenters. The number of amides is 2. The first-order chi connectivity index (χ1) is 14.3. The number of benzene rings is 2. The van der Waals surface area contributed by atoms with Crippen LogP contribution in [-0.4, -0.2) is 48.9 Å². The maximum Gasteiger partial charge on any atom is 0.242 e. The Balaban J connectivity index is 1.65. The van der Waals surface area contributed by atoms with Gasteiger partial charge in [-0.05, 0) is 48.7 Å². The highest BCUT2D eigenvalue weighted by molar-refractivity contribution is 6.42. The van der Waals surface area contributed by atoms with Gasteiger partial charge in [0.1, 0.15) is 0 Å². The van der Waals surface area contributed by atoms with E-state index in [-0.39, 0.29) is 30.9 Å². The van der Waals surface area contributed by atoms with Gasteiger partial charge in [0.25, 0.3) is 0 Å². The van der Waals surface area contributed by atoms with Crippen LogP contribution in [0, 0.1) is 6.92 Å². The second-order valence-electron chi connectivity index (χ2n) is 7.61. The van der Waals surface area contributed by atoms with Gasteiger partial charge in [0.2, 0.25) is 11.8 Å². The smallest absolute Gasteiger partial charge is 0.242 e.